The lowest BCUT2D eigenvalue weighted by molar-refractivity contribution is 0.196. The highest BCUT2D eigenvalue weighted by molar-refractivity contribution is 7.89. The quantitative estimate of drug-likeness (QED) is 0.480. The maximum atomic E-state index is 13.6. The minimum Gasteiger partial charge on any atom is -0.359 e. The van der Waals surface area contributed by atoms with Crippen molar-refractivity contribution in [3.63, 3.8) is 0 Å². The molecule has 11 nitrogen and oxygen atoms in total. The Kier molecular flexibility index (Phi) is 6.60. The number of aromatic nitrogens is 5. The van der Waals surface area contributed by atoms with Crippen molar-refractivity contribution in [3.8, 4) is 11.4 Å². The van der Waals surface area contributed by atoms with Gasteiger partial charge in [0.2, 0.25) is 10.0 Å². The van der Waals surface area contributed by atoms with Crippen molar-refractivity contribution in [2.75, 3.05) is 51.2 Å². The summed E-state index contributed by atoms with van der Waals surface area (Å²) in [6.07, 6.45) is 4.44. The standard InChI is InChI=1S/C24H34N8O3S/c1-5-19-20-21(28-30(19)4)24(33)27-22(26-20)18-13-17(14-25-23(18)29(3)15-16-7-8-16)36(34,35)32-11-9-31(6-2)10-12-32/h13-14,16H,5-12,15H2,1-4H3,(H,26,27,33). The molecule has 0 aromatic carbocycles. The van der Waals surface area contributed by atoms with Gasteiger partial charge in [-0.25, -0.2) is 18.4 Å². The molecule has 12 heteroatoms. The van der Waals surface area contributed by atoms with Crippen LogP contribution < -0.4 is 10.5 Å². The predicted molar refractivity (Wildman–Crippen MR) is 139 cm³/mol. The van der Waals surface area contributed by atoms with Crippen LogP contribution in [0.25, 0.3) is 22.4 Å². The summed E-state index contributed by atoms with van der Waals surface area (Å²) in [6.45, 7) is 8.04. The van der Waals surface area contributed by atoms with E-state index < -0.39 is 10.0 Å². The molecule has 3 aromatic rings. The molecular weight excluding hydrogens is 480 g/mol. The van der Waals surface area contributed by atoms with Gasteiger partial charge in [0.05, 0.1) is 11.3 Å². The highest BCUT2D eigenvalue weighted by atomic mass is 32.2. The molecule has 1 saturated heterocycles. The number of anilines is 1. The second-order valence-corrected chi connectivity index (χ2v) is 11.7. The minimum absolute atomic E-state index is 0.107. The summed E-state index contributed by atoms with van der Waals surface area (Å²) in [6, 6.07) is 1.61. The molecule has 5 rings (SSSR count). The fourth-order valence-electron chi connectivity index (χ4n) is 4.92. The van der Waals surface area contributed by atoms with E-state index in [9.17, 15) is 13.2 Å². The molecule has 0 amide bonds. The molecule has 3 aromatic heterocycles. The number of pyridine rings is 1. The summed E-state index contributed by atoms with van der Waals surface area (Å²) in [5, 5.41) is 4.33. The molecular formula is C24H34N8O3S. The molecule has 0 unspecified atom stereocenters. The van der Waals surface area contributed by atoms with Gasteiger partial charge in [0.1, 0.15) is 22.1 Å². The van der Waals surface area contributed by atoms with E-state index in [0.717, 1.165) is 18.8 Å². The Morgan fingerprint density at radius 1 is 1.14 bits per heavy atom. The Labute approximate surface area is 211 Å². The molecule has 0 atom stereocenters. The van der Waals surface area contributed by atoms with Crippen molar-refractivity contribution in [3.05, 3.63) is 28.3 Å². The fourth-order valence-corrected chi connectivity index (χ4v) is 6.31. The van der Waals surface area contributed by atoms with E-state index in [1.165, 1.54) is 23.3 Å². The lowest BCUT2D eigenvalue weighted by atomic mass is 10.2. The number of piperazine rings is 1. The van der Waals surface area contributed by atoms with Gasteiger partial charge in [-0.3, -0.25) is 9.48 Å². The summed E-state index contributed by atoms with van der Waals surface area (Å²) in [5.41, 5.74) is 1.78. The Morgan fingerprint density at radius 2 is 1.86 bits per heavy atom. The number of fused-ring (bicyclic) bond motifs is 1. The van der Waals surface area contributed by atoms with Crippen LogP contribution in [-0.4, -0.2) is 88.7 Å². The van der Waals surface area contributed by atoms with E-state index in [1.807, 2.05) is 18.9 Å². The van der Waals surface area contributed by atoms with Gasteiger partial charge < -0.3 is 14.8 Å². The number of aromatic amines is 1. The monoisotopic (exact) mass is 514 g/mol. The number of aryl methyl sites for hydroxylation is 2. The average Bonchev–Trinajstić information content (AvgIpc) is 3.63. The van der Waals surface area contributed by atoms with Crippen molar-refractivity contribution in [2.45, 2.75) is 38.0 Å². The zero-order valence-corrected chi connectivity index (χ0v) is 22.2. The first-order valence-electron chi connectivity index (χ1n) is 12.6. The first kappa shape index (κ1) is 24.8. The van der Waals surface area contributed by atoms with Crippen molar-refractivity contribution in [2.24, 2.45) is 13.0 Å². The van der Waals surface area contributed by atoms with Gasteiger partial charge in [-0.15, -0.1) is 0 Å². The van der Waals surface area contributed by atoms with Crippen molar-refractivity contribution < 1.29 is 8.42 Å². The van der Waals surface area contributed by atoms with E-state index in [-0.39, 0.29) is 16.0 Å². The van der Waals surface area contributed by atoms with Gasteiger partial charge in [-0.1, -0.05) is 13.8 Å². The number of hydrogen-bond acceptors (Lipinski definition) is 8. The minimum atomic E-state index is -3.75. The van der Waals surface area contributed by atoms with Gasteiger partial charge in [0, 0.05) is 53.0 Å². The van der Waals surface area contributed by atoms with Gasteiger partial charge >= 0.3 is 0 Å². The number of hydrogen-bond donors (Lipinski definition) is 1. The zero-order valence-electron chi connectivity index (χ0n) is 21.4. The number of rotatable bonds is 8. The number of sulfonamides is 1. The lowest BCUT2D eigenvalue weighted by Crippen LogP contribution is -2.48. The Hall–Kier alpha value is -2.83. The SMILES string of the molecule is CCc1c2nc(-c3cc(S(=O)(=O)N4CCN(CC)CC4)cnc3N(C)CC3CC3)[nH]c(=O)c2nn1C. The molecule has 1 aliphatic heterocycles. The molecule has 1 aliphatic carbocycles. The lowest BCUT2D eigenvalue weighted by Gasteiger charge is -2.33. The van der Waals surface area contributed by atoms with E-state index in [1.54, 1.807) is 17.8 Å². The second kappa shape index (κ2) is 9.56. The van der Waals surface area contributed by atoms with Crippen LogP contribution in [0.5, 0.6) is 0 Å². The zero-order chi connectivity index (χ0) is 25.6. The van der Waals surface area contributed by atoms with E-state index in [4.69, 9.17) is 4.98 Å². The van der Waals surface area contributed by atoms with Crippen LogP contribution in [0.15, 0.2) is 22.0 Å². The molecule has 194 valence electrons. The normalized spacial score (nSPS) is 17.7. The van der Waals surface area contributed by atoms with Crippen LogP contribution in [0.4, 0.5) is 5.82 Å². The van der Waals surface area contributed by atoms with Gasteiger partial charge in [0.25, 0.3) is 5.56 Å². The molecule has 1 N–H and O–H groups in total. The molecule has 1 saturated carbocycles. The highest BCUT2D eigenvalue weighted by Gasteiger charge is 2.31. The number of nitrogens with zero attached hydrogens (tertiary/aromatic N) is 7. The Balaban J connectivity index is 1.62. The average molecular weight is 515 g/mol. The second-order valence-electron chi connectivity index (χ2n) is 9.74. The van der Waals surface area contributed by atoms with Crippen LogP contribution in [-0.2, 0) is 23.5 Å². The first-order chi connectivity index (χ1) is 17.2. The van der Waals surface area contributed by atoms with Crippen molar-refractivity contribution in [1.29, 1.82) is 0 Å². The van der Waals surface area contributed by atoms with Crippen LogP contribution in [0, 0.1) is 5.92 Å². The molecule has 2 aliphatic rings. The predicted octanol–water partition coefficient (Wildman–Crippen LogP) is 1.45. The fraction of sp³-hybridized carbons (Fsp3) is 0.583. The number of nitrogens with one attached hydrogen (secondary N) is 1. The van der Waals surface area contributed by atoms with Gasteiger partial charge in [-0.2, -0.15) is 9.40 Å². The summed E-state index contributed by atoms with van der Waals surface area (Å²) in [5.74, 6) is 1.50. The topological polar surface area (TPSA) is 120 Å². The van der Waals surface area contributed by atoms with E-state index in [0.29, 0.717) is 61.2 Å². The van der Waals surface area contributed by atoms with Crippen LogP contribution >= 0.6 is 0 Å². The maximum Gasteiger partial charge on any atom is 0.279 e. The molecule has 0 bridgehead atoms. The van der Waals surface area contributed by atoms with Gasteiger partial charge in [0.15, 0.2) is 5.52 Å². The van der Waals surface area contributed by atoms with Crippen molar-refractivity contribution in [1.82, 2.24) is 33.9 Å². The third-order valence-electron chi connectivity index (χ3n) is 7.25. The molecule has 36 heavy (non-hydrogen) atoms. The maximum absolute atomic E-state index is 13.6. The van der Waals surface area contributed by atoms with Crippen LogP contribution in [0.2, 0.25) is 0 Å². The number of H-pyrrole nitrogens is 1. The molecule has 0 radical (unpaired) electrons. The van der Waals surface area contributed by atoms with E-state index in [2.05, 4.69) is 26.9 Å². The van der Waals surface area contributed by atoms with Crippen LogP contribution in [0.3, 0.4) is 0 Å². The third-order valence-corrected chi connectivity index (χ3v) is 9.11. The third kappa shape index (κ3) is 4.53. The summed E-state index contributed by atoms with van der Waals surface area (Å²) in [7, 11) is -0.0112. The highest BCUT2D eigenvalue weighted by Crippen LogP contribution is 2.34. The first-order valence-corrected chi connectivity index (χ1v) is 14.1. The summed E-state index contributed by atoms with van der Waals surface area (Å²) < 4.78 is 30.3. The largest absolute Gasteiger partial charge is 0.359 e. The molecule has 0 spiro atoms. The van der Waals surface area contributed by atoms with E-state index >= 15 is 0 Å². The van der Waals surface area contributed by atoms with Gasteiger partial charge in [-0.05, 0) is 37.8 Å². The summed E-state index contributed by atoms with van der Waals surface area (Å²) in [4.78, 5) is 29.6. The Morgan fingerprint density at radius 3 is 2.50 bits per heavy atom. The molecule has 4 heterocycles. The smallest absolute Gasteiger partial charge is 0.279 e. The number of likely N-dealkylation sites (N-methyl/N-ethyl adjacent to an activating group) is 1. The Bertz CT molecular complexity index is 1440. The molecule has 2 fully saturated rings. The summed E-state index contributed by atoms with van der Waals surface area (Å²) >= 11 is 0. The van der Waals surface area contributed by atoms with Crippen LogP contribution in [0.1, 0.15) is 32.4 Å². The van der Waals surface area contributed by atoms with Crippen molar-refractivity contribution >= 4 is 26.9 Å².